The third-order valence-electron chi connectivity index (χ3n) is 2.68. The highest BCUT2D eigenvalue weighted by atomic mass is 19.1. The first kappa shape index (κ1) is 13.4. The number of ether oxygens (including phenoxy) is 1. The summed E-state index contributed by atoms with van der Waals surface area (Å²) in [6, 6.07) is 4.79. The van der Waals surface area contributed by atoms with Crippen LogP contribution in [0, 0.1) is 19.7 Å². The van der Waals surface area contributed by atoms with Gasteiger partial charge in [0.15, 0.2) is 11.6 Å². The van der Waals surface area contributed by atoms with Gasteiger partial charge >= 0.3 is 0 Å². The molecule has 0 aliphatic heterocycles. The minimum absolute atomic E-state index is 0.105. The number of anilines is 1. The van der Waals surface area contributed by atoms with Crippen molar-refractivity contribution in [3.05, 3.63) is 35.4 Å². The van der Waals surface area contributed by atoms with Crippen LogP contribution in [0.15, 0.2) is 18.2 Å². The molecule has 19 heavy (non-hydrogen) atoms. The molecular weight excluding hydrogens is 245 g/mol. The lowest BCUT2D eigenvalue weighted by Gasteiger charge is -2.14. The number of halogens is 1. The molecule has 1 aromatic heterocycles. The topological polar surface area (TPSA) is 53.1 Å². The van der Waals surface area contributed by atoms with Crippen molar-refractivity contribution in [2.75, 3.05) is 5.73 Å². The molecule has 1 heterocycles. The monoisotopic (exact) mass is 263 g/mol. The van der Waals surface area contributed by atoms with Crippen molar-refractivity contribution in [2.45, 2.75) is 33.8 Å². The molecule has 0 aliphatic rings. The van der Waals surface area contributed by atoms with Gasteiger partial charge in [0.2, 0.25) is 0 Å². The number of aromatic nitrogens is 2. The Morgan fingerprint density at radius 3 is 2.47 bits per heavy atom. The average Bonchev–Trinajstić information content (AvgIpc) is 2.61. The zero-order chi connectivity index (χ0) is 14.2. The number of hydrogen-bond donors (Lipinski definition) is 1. The minimum atomic E-state index is -0.462. The maximum absolute atomic E-state index is 13.8. The van der Waals surface area contributed by atoms with E-state index in [2.05, 4.69) is 5.10 Å². The highest BCUT2D eigenvalue weighted by Crippen LogP contribution is 2.28. The lowest BCUT2D eigenvalue weighted by atomic mass is 10.2. The summed E-state index contributed by atoms with van der Waals surface area (Å²) in [5, 5.41) is 4.35. The van der Waals surface area contributed by atoms with Gasteiger partial charge < -0.3 is 10.5 Å². The third-order valence-corrected chi connectivity index (χ3v) is 2.68. The maximum Gasteiger partial charge on any atom is 0.167 e. The first-order valence-corrected chi connectivity index (χ1v) is 6.18. The lowest BCUT2D eigenvalue weighted by molar-refractivity contribution is 0.231. The Hall–Kier alpha value is -2.04. The van der Waals surface area contributed by atoms with Crippen LogP contribution in [0.5, 0.6) is 5.75 Å². The molecule has 0 spiro atoms. The van der Waals surface area contributed by atoms with Gasteiger partial charge in [-0.3, -0.25) is 0 Å². The van der Waals surface area contributed by atoms with E-state index in [1.807, 2.05) is 33.8 Å². The number of rotatable bonds is 3. The Labute approximate surface area is 112 Å². The fourth-order valence-electron chi connectivity index (χ4n) is 1.96. The van der Waals surface area contributed by atoms with E-state index in [4.69, 9.17) is 10.5 Å². The van der Waals surface area contributed by atoms with Crippen LogP contribution in [0.1, 0.15) is 25.2 Å². The maximum atomic E-state index is 13.8. The van der Waals surface area contributed by atoms with Crippen LogP contribution >= 0.6 is 0 Å². The van der Waals surface area contributed by atoms with Crippen molar-refractivity contribution in [3.8, 4) is 11.4 Å². The molecule has 0 unspecified atom stereocenters. The standard InChI is InChI=1S/C14H18FN3O/c1-8(2)19-14-7-13(12(16)6-11(14)15)18-10(4)5-9(3)17-18/h5-8H,16H2,1-4H3. The van der Waals surface area contributed by atoms with Gasteiger partial charge in [0.05, 0.1) is 23.2 Å². The zero-order valence-electron chi connectivity index (χ0n) is 11.6. The summed E-state index contributed by atoms with van der Waals surface area (Å²) in [4.78, 5) is 0. The number of nitrogen functional groups attached to an aromatic ring is 1. The quantitative estimate of drug-likeness (QED) is 0.866. The van der Waals surface area contributed by atoms with Crippen molar-refractivity contribution in [3.63, 3.8) is 0 Å². The first-order chi connectivity index (χ1) is 8.88. The van der Waals surface area contributed by atoms with E-state index >= 15 is 0 Å². The van der Waals surface area contributed by atoms with Gasteiger partial charge in [-0.1, -0.05) is 0 Å². The van der Waals surface area contributed by atoms with Crippen LogP contribution in [0.2, 0.25) is 0 Å². The minimum Gasteiger partial charge on any atom is -0.488 e. The molecule has 0 bridgehead atoms. The van der Waals surface area contributed by atoms with Gasteiger partial charge in [-0.2, -0.15) is 5.10 Å². The van der Waals surface area contributed by atoms with Gasteiger partial charge in [-0.05, 0) is 33.8 Å². The number of benzene rings is 1. The molecule has 0 saturated carbocycles. The van der Waals surface area contributed by atoms with Gasteiger partial charge in [0, 0.05) is 17.8 Å². The SMILES string of the molecule is Cc1cc(C)n(-c2cc(OC(C)C)c(F)cc2N)n1. The second-order valence-corrected chi connectivity index (χ2v) is 4.85. The molecule has 0 atom stereocenters. The van der Waals surface area contributed by atoms with Crippen molar-refractivity contribution < 1.29 is 9.13 Å². The van der Waals surface area contributed by atoms with Crippen LogP contribution in [0.3, 0.4) is 0 Å². The fraction of sp³-hybridized carbons (Fsp3) is 0.357. The van der Waals surface area contributed by atoms with Crippen molar-refractivity contribution in [2.24, 2.45) is 0 Å². The molecule has 2 N–H and O–H groups in total. The largest absolute Gasteiger partial charge is 0.488 e. The summed E-state index contributed by atoms with van der Waals surface area (Å²) in [6.07, 6.45) is -0.105. The molecule has 0 fully saturated rings. The predicted octanol–water partition coefficient (Wildman–Crippen LogP) is 3.00. The molecule has 0 amide bonds. The molecule has 0 radical (unpaired) electrons. The van der Waals surface area contributed by atoms with Gasteiger partial charge in [0.25, 0.3) is 0 Å². The summed E-state index contributed by atoms with van der Waals surface area (Å²) in [6.45, 7) is 7.51. The second kappa shape index (κ2) is 4.91. The van der Waals surface area contributed by atoms with E-state index in [1.165, 1.54) is 6.07 Å². The molecule has 102 valence electrons. The van der Waals surface area contributed by atoms with Crippen molar-refractivity contribution >= 4 is 5.69 Å². The number of hydrogen-bond acceptors (Lipinski definition) is 3. The van der Waals surface area contributed by atoms with E-state index in [0.29, 0.717) is 11.4 Å². The van der Waals surface area contributed by atoms with Gasteiger partial charge in [0.1, 0.15) is 0 Å². The lowest BCUT2D eigenvalue weighted by Crippen LogP contribution is -2.10. The molecule has 4 nitrogen and oxygen atoms in total. The van der Waals surface area contributed by atoms with Crippen LogP contribution in [0.25, 0.3) is 5.69 Å². The van der Waals surface area contributed by atoms with E-state index in [1.54, 1.807) is 10.7 Å². The molecular formula is C14H18FN3O. The third kappa shape index (κ3) is 2.70. The summed E-state index contributed by atoms with van der Waals surface area (Å²) < 4.78 is 20.9. The Morgan fingerprint density at radius 1 is 1.26 bits per heavy atom. The molecule has 0 aliphatic carbocycles. The van der Waals surface area contributed by atoms with Crippen molar-refractivity contribution in [1.29, 1.82) is 0 Å². The number of aryl methyl sites for hydroxylation is 2. The van der Waals surface area contributed by atoms with Crippen LogP contribution in [-0.2, 0) is 0 Å². The van der Waals surface area contributed by atoms with Crippen LogP contribution in [-0.4, -0.2) is 15.9 Å². The van der Waals surface area contributed by atoms with Crippen LogP contribution < -0.4 is 10.5 Å². The molecule has 2 rings (SSSR count). The van der Waals surface area contributed by atoms with Gasteiger partial charge in [-0.25, -0.2) is 9.07 Å². The number of nitrogens with zero attached hydrogens (tertiary/aromatic N) is 2. The fourth-order valence-corrected chi connectivity index (χ4v) is 1.96. The molecule has 0 saturated heterocycles. The zero-order valence-corrected chi connectivity index (χ0v) is 11.6. The second-order valence-electron chi connectivity index (χ2n) is 4.85. The highest BCUT2D eigenvalue weighted by Gasteiger charge is 2.14. The Bertz CT molecular complexity index is 605. The Balaban J connectivity index is 2.54. The molecule has 1 aromatic carbocycles. The van der Waals surface area contributed by atoms with Gasteiger partial charge in [-0.15, -0.1) is 0 Å². The summed E-state index contributed by atoms with van der Waals surface area (Å²) in [7, 11) is 0. The Morgan fingerprint density at radius 2 is 1.95 bits per heavy atom. The van der Waals surface area contributed by atoms with Crippen molar-refractivity contribution in [1.82, 2.24) is 9.78 Å². The number of nitrogens with two attached hydrogens (primary N) is 1. The normalized spacial score (nSPS) is 11.1. The highest BCUT2D eigenvalue weighted by molar-refractivity contribution is 5.61. The summed E-state index contributed by atoms with van der Waals surface area (Å²) in [5.74, 6) is -0.275. The molecule has 5 heteroatoms. The first-order valence-electron chi connectivity index (χ1n) is 6.18. The summed E-state index contributed by atoms with van der Waals surface area (Å²) in [5.41, 5.74) is 8.65. The smallest absolute Gasteiger partial charge is 0.167 e. The molecule has 2 aromatic rings. The summed E-state index contributed by atoms with van der Waals surface area (Å²) >= 11 is 0. The van der Waals surface area contributed by atoms with E-state index in [9.17, 15) is 4.39 Å². The van der Waals surface area contributed by atoms with E-state index < -0.39 is 5.82 Å². The van der Waals surface area contributed by atoms with E-state index in [0.717, 1.165) is 11.4 Å². The average molecular weight is 263 g/mol. The van der Waals surface area contributed by atoms with Crippen LogP contribution in [0.4, 0.5) is 10.1 Å². The Kier molecular flexibility index (Phi) is 3.46. The van der Waals surface area contributed by atoms with E-state index in [-0.39, 0.29) is 11.9 Å². The predicted molar refractivity (Wildman–Crippen MR) is 73.2 cm³/mol.